The Balaban J connectivity index is 1.07. The van der Waals surface area contributed by atoms with E-state index in [2.05, 4.69) is 20.1 Å². The highest BCUT2D eigenvalue weighted by Gasteiger charge is 2.27. The zero-order valence-corrected chi connectivity index (χ0v) is 20.7. The average molecular weight is 493 g/mol. The number of anilines is 2. The fourth-order valence-electron chi connectivity index (χ4n) is 5.23. The first-order valence-corrected chi connectivity index (χ1v) is 12.7. The van der Waals surface area contributed by atoms with Crippen LogP contribution >= 0.6 is 0 Å². The van der Waals surface area contributed by atoms with Gasteiger partial charge in [-0.15, -0.1) is 0 Å². The van der Waals surface area contributed by atoms with E-state index in [0.29, 0.717) is 44.0 Å². The number of hydrogen-bond acceptors (Lipinski definition) is 6. The molecule has 2 aromatic carbocycles. The summed E-state index contributed by atoms with van der Waals surface area (Å²) in [4.78, 5) is 36.6. The fraction of sp³-hybridized carbons (Fsp3) is 0.444. The minimum atomic E-state index is -0.180. The van der Waals surface area contributed by atoms with Gasteiger partial charge in [-0.1, -0.05) is 24.3 Å². The van der Waals surface area contributed by atoms with Crippen LogP contribution in [0.25, 0.3) is 11.0 Å². The van der Waals surface area contributed by atoms with E-state index in [0.717, 1.165) is 43.8 Å². The summed E-state index contributed by atoms with van der Waals surface area (Å²) in [5, 5.41) is 3.10. The van der Waals surface area contributed by atoms with Crippen molar-refractivity contribution in [1.82, 2.24) is 19.8 Å². The van der Waals surface area contributed by atoms with Gasteiger partial charge in [0.15, 0.2) is 5.82 Å². The van der Waals surface area contributed by atoms with Gasteiger partial charge in [0.05, 0.1) is 16.7 Å². The number of rotatable bonds is 6. The molecule has 0 atom stereocenters. The van der Waals surface area contributed by atoms with Gasteiger partial charge in [0.1, 0.15) is 5.82 Å². The Bertz CT molecular complexity index is 1280. The normalized spacial score (nSPS) is 17.5. The van der Waals surface area contributed by atoms with Crippen LogP contribution in [0.2, 0.25) is 0 Å². The molecule has 0 saturated carbocycles. The quantitative estimate of drug-likeness (QED) is 0.569. The SMILES string of the molecule is Cn1c(=O)c(N2CCC(C(=O)NCCN3CCN(c4ccccc4F)CC3)CC2)nc2ccccc21. The Kier molecular flexibility index (Phi) is 7.18. The molecular formula is C27H33FN6O2. The zero-order valence-electron chi connectivity index (χ0n) is 20.7. The first-order valence-electron chi connectivity index (χ1n) is 12.7. The second-order valence-electron chi connectivity index (χ2n) is 9.62. The van der Waals surface area contributed by atoms with Gasteiger partial charge in [-0.2, -0.15) is 0 Å². The van der Waals surface area contributed by atoms with Gasteiger partial charge < -0.3 is 19.7 Å². The number of hydrogen-bond donors (Lipinski definition) is 1. The fourth-order valence-corrected chi connectivity index (χ4v) is 5.23. The third-order valence-corrected chi connectivity index (χ3v) is 7.42. The molecule has 2 saturated heterocycles. The zero-order chi connectivity index (χ0) is 25.1. The largest absolute Gasteiger partial charge is 0.367 e. The Labute approximate surface area is 210 Å². The van der Waals surface area contributed by atoms with E-state index in [1.54, 1.807) is 17.7 Å². The summed E-state index contributed by atoms with van der Waals surface area (Å²) in [6.45, 7) is 5.89. The Morgan fingerprint density at radius 1 is 0.972 bits per heavy atom. The Morgan fingerprint density at radius 2 is 1.67 bits per heavy atom. The maximum atomic E-state index is 14.0. The van der Waals surface area contributed by atoms with Crippen molar-refractivity contribution in [3.63, 3.8) is 0 Å². The summed E-state index contributed by atoms with van der Waals surface area (Å²) in [6, 6.07) is 14.5. The van der Waals surface area contributed by atoms with Crippen LogP contribution in [0.15, 0.2) is 53.3 Å². The summed E-state index contributed by atoms with van der Waals surface area (Å²) in [7, 11) is 1.77. The lowest BCUT2D eigenvalue weighted by atomic mass is 9.96. The predicted molar refractivity (Wildman–Crippen MR) is 140 cm³/mol. The first-order chi connectivity index (χ1) is 17.5. The van der Waals surface area contributed by atoms with Gasteiger partial charge in [0, 0.05) is 65.3 Å². The van der Waals surface area contributed by atoms with Crippen molar-refractivity contribution >= 4 is 28.4 Å². The number of para-hydroxylation sites is 3. The van der Waals surface area contributed by atoms with E-state index in [1.165, 1.54) is 6.07 Å². The predicted octanol–water partition coefficient (Wildman–Crippen LogP) is 2.23. The molecule has 0 spiro atoms. The number of piperidine rings is 1. The van der Waals surface area contributed by atoms with Gasteiger partial charge in [-0.3, -0.25) is 14.5 Å². The molecule has 3 heterocycles. The van der Waals surface area contributed by atoms with E-state index < -0.39 is 0 Å². The molecule has 0 radical (unpaired) electrons. The van der Waals surface area contributed by atoms with E-state index in [-0.39, 0.29) is 23.2 Å². The van der Waals surface area contributed by atoms with Gasteiger partial charge in [-0.05, 0) is 37.1 Å². The van der Waals surface area contributed by atoms with Crippen molar-refractivity contribution in [2.24, 2.45) is 13.0 Å². The lowest BCUT2D eigenvalue weighted by Crippen LogP contribution is -2.49. The van der Waals surface area contributed by atoms with E-state index in [9.17, 15) is 14.0 Å². The molecule has 2 fully saturated rings. The molecule has 1 aromatic heterocycles. The summed E-state index contributed by atoms with van der Waals surface area (Å²) in [5.74, 6) is 0.313. The third-order valence-electron chi connectivity index (χ3n) is 7.42. The molecule has 190 valence electrons. The number of benzene rings is 2. The lowest BCUT2D eigenvalue weighted by molar-refractivity contribution is -0.125. The number of fused-ring (bicyclic) bond motifs is 1. The third kappa shape index (κ3) is 5.06. The van der Waals surface area contributed by atoms with E-state index in [4.69, 9.17) is 0 Å². The number of nitrogens with one attached hydrogen (secondary N) is 1. The standard InChI is InChI=1S/C27H33FN6O2/c1-31-24-9-5-3-7-22(24)30-25(27(31)36)34-13-10-20(11-14-34)26(35)29-12-15-32-16-18-33(19-17-32)23-8-4-2-6-21(23)28/h2-9,20H,10-19H2,1H3,(H,29,35). The van der Waals surface area contributed by atoms with Crippen LogP contribution < -0.4 is 20.7 Å². The number of aryl methyl sites for hydroxylation is 1. The number of aromatic nitrogens is 2. The van der Waals surface area contributed by atoms with Crippen LogP contribution in [0.1, 0.15) is 12.8 Å². The molecule has 9 heteroatoms. The van der Waals surface area contributed by atoms with Crippen molar-refractivity contribution < 1.29 is 9.18 Å². The highest BCUT2D eigenvalue weighted by atomic mass is 19.1. The molecule has 0 aliphatic carbocycles. The topological polar surface area (TPSA) is 73.7 Å². The monoisotopic (exact) mass is 492 g/mol. The summed E-state index contributed by atoms with van der Waals surface area (Å²) < 4.78 is 15.7. The molecule has 1 amide bonds. The first kappa shape index (κ1) is 24.2. The average Bonchev–Trinajstić information content (AvgIpc) is 2.91. The number of amides is 1. The van der Waals surface area contributed by atoms with Crippen molar-refractivity contribution in [3.8, 4) is 0 Å². The molecule has 5 rings (SSSR count). The number of carbonyl (C=O) groups excluding carboxylic acids is 1. The van der Waals surface area contributed by atoms with Crippen LogP contribution in [0.5, 0.6) is 0 Å². The Morgan fingerprint density at radius 3 is 2.42 bits per heavy atom. The van der Waals surface area contributed by atoms with Crippen molar-refractivity contribution in [2.75, 3.05) is 62.2 Å². The molecular weight excluding hydrogens is 459 g/mol. The van der Waals surface area contributed by atoms with Crippen LogP contribution in [-0.2, 0) is 11.8 Å². The van der Waals surface area contributed by atoms with Crippen molar-refractivity contribution in [1.29, 1.82) is 0 Å². The Hall–Kier alpha value is -3.46. The van der Waals surface area contributed by atoms with Crippen molar-refractivity contribution in [2.45, 2.75) is 12.8 Å². The highest BCUT2D eigenvalue weighted by Crippen LogP contribution is 2.22. The molecule has 1 N–H and O–H groups in total. The molecule has 2 aliphatic rings. The van der Waals surface area contributed by atoms with Crippen LogP contribution in [-0.4, -0.2) is 72.7 Å². The van der Waals surface area contributed by atoms with Gasteiger partial charge in [-0.25, -0.2) is 9.37 Å². The van der Waals surface area contributed by atoms with Crippen LogP contribution in [0.3, 0.4) is 0 Å². The minimum Gasteiger partial charge on any atom is -0.367 e. The molecule has 3 aromatic rings. The summed E-state index contributed by atoms with van der Waals surface area (Å²) in [6.07, 6.45) is 1.40. The number of nitrogens with zero attached hydrogens (tertiary/aromatic N) is 5. The van der Waals surface area contributed by atoms with Gasteiger partial charge in [0.25, 0.3) is 5.56 Å². The number of carbonyl (C=O) groups is 1. The number of halogens is 1. The van der Waals surface area contributed by atoms with E-state index >= 15 is 0 Å². The molecule has 0 unspecified atom stereocenters. The van der Waals surface area contributed by atoms with Gasteiger partial charge in [0.2, 0.25) is 5.91 Å². The second kappa shape index (κ2) is 10.7. The maximum Gasteiger partial charge on any atom is 0.293 e. The minimum absolute atomic E-state index is 0.0524. The molecule has 0 bridgehead atoms. The summed E-state index contributed by atoms with van der Waals surface area (Å²) >= 11 is 0. The molecule has 36 heavy (non-hydrogen) atoms. The maximum absolute atomic E-state index is 14.0. The number of piperazine rings is 1. The summed E-state index contributed by atoms with van der Waals surface area (Å²) in [5.41, 5.74) is 2.17. The molecule has 2 aliphatic heterocycles. The van der Waals surface area contributed by atoms with E-state index in [1.807, 2.05) is 41.3 Å². The smallest absolute Gasteiger partial charge is 0.293 e. The lowest BCUT2D eigenvalue weighted by Gasteiger charge is -2.36. The van der Waals surface area contributed by atoms with Crippen LogP contribution in [0.4, 0.5) is 15.9 Å². The second-order valence-corrected chi connectivity index (χ2v) is 9.62. The molecule has 8 nitrogen and oxygen atoms in total. The van der Waals surface area contributed by atoms with Crippen LogP contribution in [0, 0.1) is 11.7 Å². The van der Waals surface area contributed by atoms with Gasteiger partial charge >= 0.3 is 0 Å². The highest BCUT2D eigenvalue weighted by molar-refractivity contribution is 5.79. The van der Waals surface area contributed by atoms with Crippen molar-refractivity contribution in [3.05, 3.63) is 64.7 Å².